The Balaban J connectivity index is 2.60. The molecule has 1 heterocycles. The average Bonchev–Trinajstić information content (AvgIpc) is 2.49. The van der Waals surface area contributed by atoms with E-state index < -0.39 is 11.4 Å². The van der Waals surface area contributed by atoms with Crippen LogP contribution in [-0.2, 0) is 6.42 Å². The molecule has 0 bridgehead atoms. The van der Waals surface area contributed by atoms with Gasteiger partial charge < -0.3 is 0 Å². The van der Waals surface area contributed by atoms with Crippen molar-refractivity contribution in [3.05, 3.63) is 22.4 Å². The zero-order valence-electron chi connectivity index (χ0n) is 6.64. The minimum absolute atomic E-state index is 0.122. The summed E-state index contributed by atoms with van der Waals surface area (Å²) in [5.41, 5.74) is 2.80. The Bertz CT molecular complexity index is 247. The summed E-state index contributed by atoms with van der Waals surface area (Å²) in [5, 5.41) is 0.277. The van der Waals surface area contributed by atoms with Crippen molar-refractivity contribution < 1.29 is 8.78 Å². The molecular weight excluding hydrogens is 218 g/mol. The first-order valence-corrected chi connectivity index (χ1v) is 4.90. The highest BCUT2D eigenvalue weighted by Gasteiger charge is 2.36. The van der Waals surface area contributed by atoms with Gasteiger partial charge in [0.1, 0.15) is 6.04 Å². The topological polar surface area (TPSA) is 38.0 Å². The van der Waals surface area contributed by atoms with Crippen LogP contribution in [0, 0.1) is 0 Å². The molecule has 0 aromatic carbocycles. The number of hydrazine groups is 1. The van der Waals surface area contributed by atoms with E-state index >= 15 is 0 Å². The molecule has 0 fully saturated rings. The molecule has 0 spiro atoms. The number of nitrogens with two attached hydrogens (primary N) is 1. The highest BCUT2D eigenvalue weighted by Crippen LogP contribution is 2.26. The second-order valence-electron chi connectivity index (χ2n) is 2.60. The average molecular weight is 227 g/mol. The van der Waals surface area contributed by atoms with E-state index in [2.05, 4.69) is 0 Å². The molecule has 6 heteroatoms. The minimum Gasteiger partial charge on any atom is -0.271 e. The Kier molecular flexibility index (Phi) is 3.61. The van der Waals surface area contributed by atoms with Crippen LogP contribution in [0.25, 0.3) is 0 Å². The molecule has 13 heavy (non-hydrogen) atoms. The van der Waals surface area contributed by atoms with Gasteiger partial charge in [0.25, 0.3) is 0 Å². The largest absolute Gasteiger partial charge is 0.338 e. The van der Waals surface area contributed by atoms with Crippen LogP contribution in [-0.4, -0.2) is 11.4 Å². The lowest BCUT2D eigenvalue weighted by atomic mass is 10.1. The van der Waals surface area contributed by atoms with Gasteiger partial charge in [-0.15, -0.1) is 0 Å². The number of hydrogen-bond donors (Lipinski definition) is 2. The van der Waals surface area contributed by atoms with Crippen molar-refractivity contribution in [2.24, 2.45) is 5.84 Å². The van der Waals surface area contributed by atoms with E-state index in [0.29, 0.717) is 0 Å². The summed E-state index contributed by atoms with van der Waals surface area (Å²) in [6.07, 6.45) is 0.122. The number of halogens is 3. The molecule has 1 rings (SSSR count). The minimum atomic E-state index is -3.32. The van der Waals surface area contributed by atoms with Crippen LogP contribution < -0.4 is 11.3 Å². The summed E-state index contributed by atoms with van der Waals surface area (Å²) in [5.74, 6) is 4.96. The van der Waals surface area contributed by atoms with Crippen molar-refractivity contribution >= 4 is 22.9 Å². The van der Waals surface area contributed by atoms with Gasteiger partial charge in [0.15, 0.2) is 0 Å². The van der Waals surface area contributed by atoms with Crippen LogP contribution in [0.4, 0.5) is 8.78 Å². The Labute approximate surface area is 83.7 Å². The summed E-state index contributed by atoms with van der Waals surface area (Å²) >= 11 is 6.29. The maximum atomic E-state index is 12.6. The predicted octanol–water partition coefficient (Wildman–Crippen LogP) is 1.95. The highest BCUT2D eigenvalue weighted by molar-refractivity contribution is 7.07. The van der Waals surface area contributed by atoms with Gasteiger partial charge in [-0.25, -0.2) is 5.43 Å². The monoisotopic (exact) mass is 226 g/mol. The van der Waals surface area contributed by atoms with E-state index in [1.54, 1.807) is 11.4 Å². The molecule has 1 atom stereocenters. The molecule has 0 amide bonds. The lowest BCUT2D eigenvalue weighted by molar-refractivity contribution is 0.0503. The quantitative estimate of drug-likeness (QED) is 0.468. The second kappa shape index (κ2) is 4.32. The Hall–Kier alpha value is -0.230. The fraction of sp³-hybridized carbons (Fsp3) is 0.429. The summed E-state index contributed by atoms with van der Waals surface area (Å²) in [4.78, 5) is 0. The van der Waals surface area contributed by atoms with E-state index in [-0.39, 0.29) is 6.42 Å². The van der Waals surface area contributed by atoms with E-state index in [9.17, 15) is 8.78 Å². The molecule has 3 N–H and O–H groups in total. The third kappa shape index (κ3) is 3.19. The zero-order chi connectivity index (χ0) is 9.90. The first-order valence-electron chi connectivity index (χ1n) is 3.58. The van der Waals surface area contributed by atoms with Gasteiger partial charge in [0.2, 0.25) is 0 Å². The molecule has 74 valence electrons. The molecule has 0 saturated heterocycles. The van der Waals surface area contributed by atoms with E-state index in [1.165, 1.54) is 11.3 Å². The number of alkyl halides is 3. The van der Waals surface area contributed by atoms with Gasteiger partial charge in [-0.3, -0.25) is 5.84 Å². The lowest BCUT2D eigenvalue weighted by Crippen LogP contribution is -2.46. The van der Waals surface area contributed by atoms with E-state index in [4.69, 9.17) is 17.4 Å². The van der Waals surface area contributed by atoms with Crippen molar-refractivity contribution in [3.63, 3.8) is 0 Å². The van der Waals surface area contributed by atoms with Gasteiger partial charge in [0, 0.05) is 0 Å². The van der Waals surface area contributed by atoms with Crippen LogP contribution >= 0.6 is 22.9 Å². The third-order valence-electron chi connectivity index (χ3n) is 1.62. The first kappa shape index (κ1) is 10.8. The molecule has 0 saturated carbocycles. The van der Waals surface area contributed by atoms with Gasteiger partial charge in [-0.2, -0.15) is 20.1 Å². The van der Waals surface area contributed by atoms with Gasteiger partial charge >= 0.3 is 5.38 Å². The lowest BCUT2D eigenvalue weighted by Gasteiger charge is -2.19. The fourth-order valence-corrected chi connectivity index (χ4v) is 1.74. The summed E-state index contributed by atoms with van der Waals surface area (Å²) < 4.78 is 25.2. The molecule has 2 nitrogen and oxygen atoms in total. The second-order valence-corrected chi connectivity index (χ2v) is 3.88. The van der Waals surface area contributed by atoms with Crippen molar-refractivity contribution in [1.82, 2.24) is 5.43 Å². The standard InChI is InChI=1S/C7H9ClF2N2S/c8-7(9,10)6(12-11)3-5-1-2-13-4-5/h1-2,4,6,12H,3,11H2. The molecule has 1 aromatic heterocycles. The van der Waals surface area contributed by atoms with E-state index in [0.717, 1.165) is 5.56 Å². The molecule has 0 aliphatic heterocycles. The Morgan fingerprint density at radius 1 is 1.69 bits per heavy atom. The number of thiophene rings is 1. The maximum absolute atomic E-state index is 12.6. The Morgan fingerprint density at radius 2 is 2.38 bits per heavy atom. The summed E-state index contributed by atoms with van der Waals surface area (Å²) in [6, 6.07) is 0.529. The van der Waals surface area contributed by atoms with Gasteiger partial charge in [-0.05, 0) is 40.4 Å². The molecular formula is C7H9ClF2N2S. The maximum Gasteiger partial charge on any atom is 0.338 e. The molecule has 0 radical (unpaired) electrons. The van der Waals surface area contributed by atoms with E-state index in [1.807, 2.05) is 10.8 Å². The zero-order valence-corrected chi connectivity index (χ0v) is 8.21. The van der Waals surface area contributed by atoms with Crippen LogP contribution in [0.1, 0.15) is 5.56 Å². The molecule has 0 aliphatic carbocycles. The molecule has 1 unspecified atom stereocenters. The highest BCUT2D eigenvalue weighted by atomic mass is 35.5. The first-order chi connectivity index (χ1) is 6.04. The molecule has 1 aromatic rings. The summed E-state index contributed by atoms with van der Waals surface area (Å²) in [6.45, 7) is 0. The summed E-state index contributed by atoms with van der Waals surface area (Å²) in [7, 11) is 0. The fourth-order valence-electron chi connectivity index (χ4n) is 0.914. The van der Waals surface area contributed by atoms with Crippen molar-refractivity contribution in [1.29, 1.82) is 0 Å². The van der Waals surface area contributed by atoms with Crippen molar-refractivity contribution in [3.8, 4) is 0 Å². The van der Waals surface area contributed by atoms with Crippen LogP contribution in [0.5, 0.6) is 0 Å². The van der Waals surface area contributed by atoms with Crippen molar-refractivity contribution in [2.75, 3.05) is 0 Å². The van der Waals surface area contributed by atoms with Crippen molar-refractivity contribution in [2.45, 2.75) is 17.8 Å². The van der Waals surface area contributed by atoms with Crippen LogP contribution in [0.3, 0.4) is 0 Å². The van der Waals surface area contributed by atoms with Crippen LogP contribution in [0.2, 0.25) is 0 Å². The van der Waals surface area contributed by atoms with Gasteiger partial charge in [-0.1, -0.05) is 0 Å². The Morgan fingerprint density at radius 3 is 2.77 bits per heavy atom. The molecule has 0 aliphatic rings. The smallest absolute Gasteiger partial charge is 0.271 e. The SMILES string of the molecule is NNC(Cc1ccsc1)C(F)(F)Cl. The normalized spacial score (nSPS) is 14.5. The van der Waals surface area contributed by atoms with Crippen LogP contribution in [0.15, 0.2) is 16.8 Å². The van der Waals surface area contributed by atoms with Gasteiger partial charge in [0.05, 0.1) is 0 Å². The number of rotatable bonds is 4. The number of hydrogen-bond acceptors (Lipinski definition) is 3. The number of nitrogens with one attached hydrogen (secondary N) is 1. The third-order valence-corrected chi connectivity index (χ3v) is 2.61. The predicted molar refractivity (Wildman–Crippen MR) is 49.9 cm³/mol.